The van der Waals surface area contributed by atoms with Crippen molar-refractivity contribution in [1.82, 2.24) is 9.55 Å². The first-order valence-electron chi connectivity index (χ1n) is 6.47. The number of rotatable bonds is 3. The average Bonchev–Trinajstić information content (AvgIpc) is 2.49. The molecule has 1 N–H and O–H groups in total. The van der Waals surface area contributed by atoms with E-state index in [1.165, 1.54) is 0 Å². The smallest absolute Gasteiger partial charge is 0.260 e. The molecule has 0 atom stereocenters. The number of pyridine rings is 2. The van der Waals surface area contributed by atoms with Gasteiger partial charge < -0.3 is 5.11 Å². The van der Waals surface area contributed by atoms with E-state index in [4.69, 9.17) is 5.11 Å². The van der Waals surface area contributed by atoms with Gasteiger partial charge in [-0.25, -0.2) is 4.98 Å². The quantitative estimate of drug-likeness (QED) is 0.788. The van der Waals surface area contributed by atoms with Crippen LogP contribution in [0.15, 0.2) is 59.5 Å². The van der Waals surface area contributed by atoms with Crippen LogP contribution in [0.1, 0.15) is 5.56 Å². The molecule has 1 aromatic carbocycles. The molecule has 0 spiro atoms. The van der Waals surface area contributed by atoms with E-state index < -0.39 is 0 Å². The van der Waals surface area contributed by atoms with E-state index >= 15 is 0 Å². The molecule has 4 nitrogen and oxygen atoms in total. The maximum Gasteiger partial charge on any atom is 0.260 e. The second-order valence-electron chi connectivity index (χ2n) is 4.54. The largest absolute Gasteiger partial charge is 0.396 e. The Hall–Kier alpha value is -2.46. The highest BCUT2D eigenvalue weighted by Gasteiger charge is 2.11. The fourth-order valence-corrected chi connectivity index (χ4v) is 2.31. The highest BCUT2D eigenvalue weighted by molar-refractivity contribution is 5.77. The van der Waals surface area contributed by atoms with Gasteiger partial charge in [-0.1, -0.05) is 18.2 Å². The molecule has 0 saturated heterocycles. The van der Waals surface area contributed by atoms with Gasteiger partial charge in [0.05, 0.1) is 5.69 Å². The van der Waals surface area contributed by atoms with E-state index in [1.54, 1.807) is 16.8 Å². The number of nitrogens with zero attached hydrogens (tertiary/aromatic N) is 2. The molecule has 0 radical (unpaired) electrons. The molecule has 0 fully saturated rings. The number of aromatic nitrogens is 2. The summed E-state index contributed by atoms with van der Waals surface area (Å²) in [4.78, 5) is 16.9. The summed E-state index contributed by atoms with van der Waals surface area (Å²) in [7, 11) is 0. The summed E-state index contributed by atoms with van der Waals surface area (Å²) in [5, 5.41) is 10.0. The van der Waals surface area contributed by atoms with Crippen molar-refractivity contribution in [2.75, 3.05) is 6.61 Å². The molecule has 0 unspecified atom stereocenters. The normalized spacial score (nSPS) is 10.8. The molecule has 0 aliphatic rings. The zero-order valence-corrected chi connectivity index (χ0v) is 10.9. The topological polar surface area (TPSA) is 55.1 Å². The van der Waals surface area contributed by atoms with Gasteiger partial charge in [0.25, 0.3) is 5.56 Å². The van der Waals surface area contributed by atoms with E-state index in [9.17, 15) is 4.79 Å². The molecule has 0 amide bonds. The Labute approximate surface area is 116 Å². The Morgan fingerprint density at radius 3 is 2.65 bits per heavy atom. The first-order chi connectivity index (χ1) is 9.81. The highest BCUT2D eigenvalue weighted by atomic mass is 16.3. The van der Waals surface area contributed by atoms with Crippen molar-refractivity contribution in [2.45, 2.75) is 6.42 Å². The summed E-state index contributed by atoms with van der Waals surface area (Å²) in [6.07, 6.45) is 2.02. The number of fused-ring (bicyclic) bond motifs is 1. The van der Waals surface area contributed by atoms with Gasteiger partial charge in [-0.3, -0.25) is 9.36 Å². The Morgan fingerprint density at radius 2 is 1.90 bits per heavy atom. The van der Waals surface area contributed by atoms with Crippen molar-refractivity contribution in [1.29, 1.82) is 0 Å². The maximum atomic E-state index is 12.6. The van der Waals surface area contributed by atoms with Crippen LogP contribution in [-0.4, -0.2) is 21.3 Å². The van der Waals surface area contributed by atoms with Crippen molar-refractivity contribution in [3.8, 4) is 5.69 Å². The molecule has 100 valence electrons. The first-order valence-corrected chi connectivity index (χ1v) is 6.47. The highest BCUT2D eigenvalue weighted by Crippen LogP contribution is 2.15. The maximum absolute atomic E-state index is 12.6. The average molecular weight is 266 g/mol. The van der Waals surface area contributed by atoms with Gasteiger partial charge in [-0.05, 0) is 30.3 Å². The van der Waals surface area contributed by atoms with Crippen LogP contribution in [0.3, 0.4) is 0 Å². The van der Waals surface area contributed by atoms with Crippen LogP contribution in [0.5, 0.6) is 0 Å². The Kier molecular flexibility index (Phi) is 3.31. The fraction of sp³-hybridized carbons (Fsp3) is 0.125. The minimum absolute atomic E-state index is 0.0458. The molecule has 0 aliphatic heterocycles. The van der Waals surface area contributed by atoms with Crippen LogP contribution in [0.2, 0.25) is 0 Å². The summed E-state index contributed by atoms with van der Waals surface area (Å²) in [6.45, 7) is -0.0458. The summed E-state index contributed by atoms with van der Waals surface area (Å²) >= 11 is 0. The third-order valence-electron chi connectivity index (χ3n) is 3.23. The number of benzene rings is 1. The number of hydrogen-bond acceptors (Lipinski definition) is 3. The third kappa shape index (κ3) is 2.10. The number of para-hydroxylation sites is 1. The van der Waals surface area contributed by atoms with Crippen molar-refractivity contribution in [3.05, 3.63) is 70.6 Å². The van der Waals surface area contributed by atoms with Crippen molar-refractivity contribution in [3.63, 3.8) is 0 Å². The molecule has 0 bridgehead atoms. The summed E-state index contributed by atoms with van der Waals surface area (Å²) in [6, 6.07) is 15.0. The lowest BCUT2D eigenvalue weighted by molar-refractivity contribution is 0.299. The standard InChI is InChI=1S/C16H14N2O2/c19-10-8-13-11-12-5-4-9-17-15(12)18(16(13)20)14-6-2-1-3-7-14/h1-7,9,11,19H,8,10H2. The molecule has 0 saturated carbocycles. The molecular formula is C16H14N2O2. The van der Waals surface area contributed by atoms with Gasteiger partial charge in [-0.2, -0.15) is 0 Å². The monoisotopic (exact) mass is 266 g/mol. The zero-order valence-electron chi connectivity index (χ0n) is 10.9. The summed E-state index contributed by atoms with van der Waals surface area (Å²) in [5.74, 6) is 0. The Morgan fingerprint density at radius 1 is 1.10 bits per heavy atom. The van der Waals surface area contributed by atoms with Gasteiger partial charge >= 0.3 is 0 Å². The summed E-state index contributed by atoms with van der Waals surface area (Å²) in [5.41, 5.74) is 1.87. The molecule has 2 heterocycles. The predicted octanol–water partition coefficient (Wildman–Crippen LogP) is 1.92. The minimum Gasteiger partial charge on any atom is -0.396 e. The Balaban J connectivity index is 2.38. The van der Waals surface area contributed by atoms with E-state index in [2.05, 4.69) is 4.98 Å². The molecular weight excluding hydrogens is 252 g/mol. The van der Waals surface area contributed by atoms with Gasteiger partial charge in [0.2, 0.25) is 0 Å². The van der Waals surface area contributed by atoms with Gasteiger partial charge in [0.15, 0.2) is 0 Å². The second kappa shape index (κ2) is 5.27. The van der Waals surface area contributed by atoms with E-state index in [1.807, 2.05) is 42.5 Å². The number of hydrogen-bond donors (Lipinski definition) is 1. The lowest BCUT2D eigenvalue weighted by Gasteiger charge is -2.11. The first kappa shape index (κ1) is 12.6. The van der Waals surface area contributed by atoms with Crippen LogP contribution < -0.4 is 5.56 Å². The lowest BCUT2D eigenvalue weighted by Crippen LogP contribution is -2.23. The van der Waals surface area contributed by atoms with Gasteiger partial charge in [0.1, 0.15) is 5.65 Å². The van der Waals surface area contributed by atoms with Crippen molar-refractivity contribution >= 4 is 11.0 Å². The SMILES string of the molecule is O=c1c(CCO)cc2cccnc2n1-c1ccccc1. The fourth-order valence-electron chi connectivity index (χ4n) is 2.31. The van der Waals surface area contributed by atoms with E-state index in [0.29, 0.717) is 17.6 Å². The third-order valence-corrected chi connectivity index (χ3v) is 3.23. The van der Waals surface area contributed by atoms with E-state index in [0.717, 1.165) is 11.1 Å². The molecule has 3 rings (SSSR count). The van der Waals surface area contributed by atoms with Crippen LogP contribution in [0.25, 0.3) is 16.7 Å². The molecule has 2 aromatic heterocycles. The predicted molar refractivity (Wildman–Crippen MR) is 78.1 cm³/mol. The summed E-state index contributed by atoms with van der Waals surface area (Å²) < 4.78 is 1.60. The number of aliphatic hydroxyl groups excluding tert-OH is 1. The van der Waals surface area contributed by atoms with Crippen molar-refractivity contribution in [2.24, 2.45) is 0 Å². The minimum atomic E-state index is -0.128. The molecule has 3 aromatic rings. The lowest BCUT2D eigenvalue weighted by atomic mass is 10.1. The van der Waals surface area contributed by atoms with Crippen LogP contribution in [0, 0.1) is 0 Å². The number of aliphatic hydroxyl groups is 1. The van der Waals surface area contributed by atoms with Gasteiger partial charge in [0, 0.05) is 30.2 Å². The second-order valence-corrected chi connectivity index (χ2v) is 4.54. The molecule has 4 heteroatoms. The molecule has 0 aliphatic carbocycles. The molecule has 20 heavy (non-hydrogen) atoms. The Bertz CT molecular complexity index is 794. The van der Waals surface area contributed by atoms with Gasteiger partial charge in [-0.15, -0.1) is 0 Å². The zero-order chi connectivity index (χ0) is 13.9. The van der Waals surface area contributed by atoms with Crippen LogP contribution in [-0.2, 0) is 6.42 Å². The van der Waals surface area contributed by atoms with Crippen LogP contribution in [0.4, 0.5) is 0 Å². The van der Waals surface area contributed by atoms with Crippen molar-refractivity contribution < 1.29 is 5.11 Å². The van der Waals surface area contributed by atoms with E-state index in [-0.39, 0.29) is 12.2 Å². The van der Waals surface area contributed by atoms with Crippen LogP contribution >= 0.6 is 0 Å².